The van der Waals surface area contributed by atoms with E-state index in [0.717, 1.165) is 34.3 Å². The zero-order valence-electron chi connectivity index (χ0n) is 15.0. The minimum absolute atomic E-state index is 0. The number of benzene rings is 1. The van der Waals surface area contributed by atoms with Gasteiger partial charge in [-0.15, -0.1) is 24.8 Å². The van der Waals surface area contributed by atoms with Crippen LogP contribution in [0, 0.1) is 6.92 Å². The molecule has 1 atom stereocenters. The monoisotopic (exact) mass is 383 g/mol. The minimum Gasteiger partial charge on any atom is -0.350 e. The highest BCUT2D eigenvalue weighted by molar-refractivity contribution is 6.06. The van der Waals surface area contributed by atoms with Gasteiger partial charge in [-0.3, -0.25) is 9.78 Å². The molecule has 4 nitrogen and oxygen atoms in total. The Morgan fingerprint density at radius 2 is 2.00 bits per heavy atom. The van der Waals surface area contributed by atoms with Crippen LogP contribution < -0.4 is 10.6 Å². The maximum atomic E-state index is 12.7. The molecule has 6 heteroatoms. The summed E-state index contributed by atoms with van der Waals surface area (Å²) in [4.78, 5) is 17.5. The van der Waals surface area contributed by atoms with Gasteiger partial charge in [-0.2, -0.15) is 0 Å². The Morgan fingerprint density at radius 1 is 1.28 bits per heavy atom. The largest absolute Gasteiger partial charge is 0.350 e. The van der Waals surface area contributed by atoms with E-state index in [1.165, 1.54) is 12.8 Å². The van der Waals surface area contributed by atoms with E-state index >= 15 is 0 Å². The second kappa shape index (κ2) is 9.37. The number of rotatable bonds is 6. The number of hydrogen-bond acceptors (Lipinski definition) is 3. The van der Waals surface area contributed by atoms with E-state index in [9.17, 15) is 4.79 Å². The van der Waals surface area contributed by atoms with Gasteiger partial charge in [0.15, 0.2) is 0 Å². The number of aryl methyl sites for hydroxylation is 1. The van der Waals surface area contributed by atoms with Crippen molar-refractivity contribution < 1.29 is 4.79 Å². The van der Waals surface area contributed by atoms with Crippen LogP contribution in [-0.2, 0) is 0 Å². The predicted octanol–water partition coefficient (Wildman–Crippen LogP) is 3.99. The van der Waals surface area contributed by atoms with Crippen molar-refractivity contribution in [3.05, 3.63) is 41.1 Å². The van der Waals surface area contributed by atoms with Crippen LogP contribution in [0.5, 0.6) is 0 Å². The molecule has 1 aliphatic rings. The SMILES string of the molecule is CCN[C@H](C)CNC(=O)c1cc(C2CC2)nc2ccc(C)cc12.Cl.Cl. The molecule has 2 aromatic rings. The lowest BCUT2D eigenvalue weighted by Crippen LogP contribution is -2.38. The number of fused-ring (bicyclic) bond motifs is 1. The van der Waals surface area contributed by atoms with Gasteiger partial charge in [0.1, 0.15) is 0 Å². The zero-order valence-corrected chi connectivity index (χ0v) is 16.6. The van der Waals surface area contributed by atoms with E-state index in [2.05, 4.69) is 36.6 Å². The molecule has 3 rings (SSSR count). The fourth-order valence-corrected chi connectivity index (χ4v) is 2.90. The van der Waals surface area contributed by atoms with Gasteiger partial charge in [-0.05, 0) is 51.4 Å². The highest BCUT2D eigenvalue weighted by Gasteiger charge is 2.27. The first-order valence-corrected chi connectivity index (χ1v) is 8.51. The van der Waals surface area contributed by atoms with E-state index in [-0.39, 0.29) is 36.8 Å². The van der Waals surface area contributed by atoms with Crippen LogP contribution in [0.15, 0.2) is 24.3 Å². The molecular formula is C19H27Cl2N3O. The van der Waals surface area contributed by atoms with Crippen LogP contribution in [-0.4, -0.2) is 30.0 Å². The molecule has 25 heavy (non-hydrogen) atoms. The van der Waals surface area contributed by atoms with Crippen molar-refractivity contribution in [3.63, 3.8) is 0 Å². The predicted molar refractivity (Wildman–Crippen MR) is 108 cm³/mol. The maximum absolute atomic E-state index is 12.7. The third kappa shape index (κ3) is 5.30. The third-order valence-corrected chi connectivity index (χ3v) is 4.35. The van der Waals surface area contributed by atoms with Gasteiger partial charge in [-0.25, -0.2) is 0 Å². The number of pyridine rings is 1. The Bertz CT molecular complexity index is 732. The molecule has 1 saturated carbocycles. The van der Waals surface area contributed by atoms with Gasteiger partial charge in [-0.1, -0.05) is 18.6 Å². The third-order valence-electron chi connectivity index (χ3n) is 4.35. The van der Waals surface area contributed by atoms with Gasteiger partial charge in [0.05, 0.1) is 11.1 Å². The first kappa shape index (κ1) is 21.7. The van der Waals surface area contributed by atoms with Crippen LogP contribution >= 0.6 is 24.8 Å². The van der Waals surface area contributed by atoms with E-state index in [1.54, 1.807) is 0 Å². The molecule has 0 radical (unpaired) electrons. The lowest BCUT2D eigenvalue weighted by atomic mass is 10.0. The molecular weight excluding hydrogens is 357 g/mol. The fraction of sp³-hybridized carbons (Fsp3) is 0.474. The highest BCUT2D eigenvalue weighted by atomic mass is 35.5. The Hall–Kier alpha value is -1.36. The number of carbonyl (C=O) groups excluding carboxylic acids is 1. The summed E-state index contributed by atoms with van der Waals surface area (Å²) in [5, 5.41) is 7.31. The highest BCUT2D eigenvalue weighted by Crippen LogP contribution is 2.40. The second-order valence-electron chi connectivity index (χ2n) is 6.56. The number of carbonyl (C=O) groups is 1. The van der Waals surface area contributed by atoms with Crippen LogP contribution in [0.2, 0.25) is 0 Å². The molecule has 1 amide bonds. The van der Waals surface area contributed by atoms with E-state index in [4.69, 9.17) is 4.98 Å². The molecule has 1 heterocycles. The molecule has 1 fully saturated rings. The average Bonchev–Trinajstić information content (AvgIpc) is 3.37. The van der Waals surface area contributed by atoms with Crippen LogP contribution in [0.25, 0.3) is 10.9 Å². The number of hydrogen-bond donors (Lipinski definition) is 2. The number of aromatic nitrogens is 1. The van der Waals surface area contributed by atoms with Gasteiger partial charge < -0.3 is 10.6 Å². The average molecular weight is 384 g/mol. The number of halogens is 2. The Balaban J connectivity index is 0.00000156. The summed E-state index contributed by atoms with van der Waals surface area (Å²) in [6, 6.07) is 8.39. The van der Waals surface area contributed by atoms with Crippen molar-refractivity contribution in [3.8, 4) is 0 Å². The second-order valence-corrected chi connectivity index (χ2v) is 6.56. The van der Waals surface area contributed by atoms with Gasteiger partial charge in [0, 0.05) is 29.6 Å². The Labute approximate surface area is 162 Å². The van der Waals surface area contributed by atoms with E-state index in [1.807, 2.05) is 19.1 Å². The molecule has 2 N–H and O–H groups in total. The van der Waals surface area contributed by atoms with Crippen LogP contribution in [0.4, 0.5) is 0 Å². The number of nitrogens with one attached hydrogen (secondary N) is 2. The number of nitrogens with zero attached hydrogens (tertiary/aromatic N) is 1. The van der Waals surface area contributed by atoms with Crippen molar-refractivity contribution in [2.75, 3.05) is 13.1 Å². The lowest BCUT2D eigenvalue weighted by Gasteiger charge is -2.15. The summed E-state index contributed by atoms with van der Waals surface area (Å²) in [5.41, 5.74) is 3.88. The normalized spacial score (nSPS) is 14.4. The van der Waals surface area contributed by atoms with Crippen LogP contribution in [0.1, 0.15) is 54.2 Å². The summed E-state index contributed by atoms with van der Waals surface area (Å²) in [6.45, 7) is 7.72. The standard InChI is InChI=1S/C19H25N3O.2ClH/c1-4-20-13(3)11-21-19(23)16-10-18(14-6-7-14)22-17-8-5-12(2)9-15(16)17;;/h5,8-10,13-14,20H,4,6-7,11H2,1-3H3,(H,21,23);2*1H/t13-;;/m1../s1. The number of amides is 1. The van der Waals surface area contributed by atoms with Crippen molar-refractivity contribution in [1.82, 2.24) is 15.6 Å². The minimum atomic E-state index is -0.00495. The zero-order chi connectivity index (χ0) is 16.4. The van der Waals surface area contributed by atoms with Gasteiger partial charge in [0.2, 0.25) is 0 Å². The summed E-state index contributed by atoms with van der Waals surface area (Å²) in [7, 11) is 0. The van der Waals surface area contributed by atoms with Crippen molar-refractivity contribution >= 4 is 41.6 Å². The molecule has 0 saturated heterocycles. The summed E-state index contributed by atoms with van der Waals surface area (Å²) < 4.78 is 0. The molecule has 0 aliphatic heterocycles. The molecule has 1 aromatic heterocycles. The van der Waals surface area contributed by atoms with Crippen molar-refractivity contribution in [2.24, 2.45) is 0 Å². The van der Waals surface area contributed by atoms with Crippen LogP contribution in [0.3, 0.4) is 0 Å². The molecule has 0 unspecified atom stereocenters. The Kier molecular flexibility index (Phi) is 8.13. The van der Waals surface area contributed by atoms with Crippen molar-refractivity contribution in [2.45, 2.75) is 45.6 Å². The molecule has 1 aromatic carbocycles. The summed E-state index contributed by atoms with van der Waals surface area (Å²) in [5.74, 6) is 0.530. The van der Waals surface area contributed by atoms with Gasteiger partial charge in [0.25, 0.3) is 5.91 Å². The molecule has 0 bridgehead atoms. The first-order chi connectivity index (χ1) is 11.1. The maximum Gasteiger partial charge on any atom is 0.252 e. The number of likely N-dealkylation sites (N-methyl/N-ethyl adjacent to an activating group) is 1. The first-order valence-electron chi connectivity index (χ1n) is 8.51. The summed E-state index contributed by atoms with van der Waals surface area (Å²) >= 11 is 0. The molecule has 138 valence electrons. The smallest absolute Gasteiger partial charge is 0.252 e. The summed E-state index contributed by atoms with van der Waals surface area (Å²) in [6.07, 6.45) is 2.37. The van der Waals surface area contributed by atoms with E-state index < -0.39 is 0 Å². The van der Waals surface area contributed by atoms with Crippen molar-refractivity contribution in [1.29, 1.82) is 0 Å². The Morgan fingerprint density at radius 3 is 2.64 bits per heavy atom. The molecule has 0 spiro atoms. The van der Waals surface area contributed by atoms with E-state index in [0.29, 0.717) is 12.5 Å². The fourth-order valence-electron chi connectivity index (χ4n) is 2.90. The quantitative estimate of drug-likeness (QED) is 0.792. The molecule has 1 aliphatic carbocycles. The topological polar surface area (TPSA) is 54.0 Å². The lowest BCUT2D eigenvalue weighted by molar-refractivity contribution is 0.0951. The van der Waals surface area contributed by atoms with Gasteiger partial charge >= 0.3 is 0 Å².